The monoisotopic (exact) mass is 395 g/mol. The molecule has 3 heterocycles. The van der Waals surface area contributed by atoms with Crippen LogP contribution in [0.2, 0.25) is 0 Å². The standard InChI is InChI=1S/C18H29N5O3S/c1-2-7-19-18(24)15-21-10-12-22(13-11-21)17-6-5-16(14-20-17)27(25,26)23-8-3-4-9-23/h5-6,14H,2-4,7-13,15H2,1H3,(H,19,24). The van der Waals surface area contributed by atoms with Crippen molar-refractivity contribution in [3.63, 3.8) is 0 Å². The summed E-state index contributed by atoms with van der Waals surface area (Å²) in [5, 5.41) is 2.90. The van der Waals surface area contributed by atoms with Crippen LogP contribution in [0.25, 0.3) is 0 Å². The van der Waals surface area contributed by atoms with E-state index in [-0.39, 0.29) is 10.8 Å². The summed E-state index contributed by atoms with van der Waals surface area (Å²) in [6.45, 7) is 7.48. The Bertz CT molecular complexity index is 724. The van der Waals surface area contributed by atoms with Crippen molar-refractivity contribution in [3.8, 4) is 0 Å². The third-order valence-electron chi connectivity index (χ3n) is 5.06. The maximum atomic E-state index is 12.6. The van der Waals surface area contributed by atoms with Gasteiger partial charge in [-0.15, -0.1) is 0 Å². The number of hydrogen-bond donors (Lipinski definition) is 1. The summed E-state index contributed by atoms with van der Waals surface area (Å²) in [5.74, 6) is 0.852. The summed E-state index contributed by atoms with van der Waals surface area (Å²) in [4.78, 5) is 20.7. The molecule has 0 saturated carbocycles. The highest BCUT2D eigenvalue weighted by molar-refractivity contribution is 7.89. The molecule has 1 N–H and O–H groups in total. The van der Waals surface area contributed by atoms with Gasteiger partial charge in [0.25, 0.3) is 0 Å². The van der Waals surface area contributed by atoms with Crippen molar-refractivity contribution in [2.45, 2.75) is 31.1 Å². The largest absolute Gasteiger partial charge is 0.355 e. The number of amides is 1. The van der Waals surface area contributed by atoms with Crippen molar-refractivity contribution in [2.24, 2.45) is 0 Å². The van der Waals surface area contributed by atoms with Crippen LogP contribution in [0.5, 0.6) is 0 Å². The zero-order valence-corrected chi connectivity index (χ0v) is 16.7. The Hall–Kier alpha value is -1.71. The molecule has 2 saturated heterocycles. The molecule has 9 heteroatoms. The van der Waals surface area contributed by atoms with Crippen LogP contribution in [0.15, 0.2) is 23.2 Å². The Balaban J connectivity index is 1.54. The smallest absolute Gasteiger partial charge is 0.244 e. The predicted octanol–water partition coefficient (Wildman–Crippen LogP) is 0.514. The summed E-state index contributed by atoms with van der Waals surface area (Å²) < 4.78 is 26.7. The van der Waals surface area contributed by atoms with Gasteiger partial charge in [-0.05, 0) is 31.4 Å². The van der Waals surface area contributed by atoms with Gasteiger partial charge in [-0.2, -0.15) is 4.31 Å². The first-order valence-electron chi connectivity index (χ1n) is 9.71. The molecule has 0 aromatic carbocycles. The fourth-order valence-electron chi connectivity index (χ4n) is 3.45. The number of anilines is 1. The van der Waals surface area contributed by atoms with Crippen molar-refractivity contribution < 1.29 is 13.2 Å². The van der Waals surface area contributed by atoms with E-state index >= 15 is 0 Å². The number of nitrogens with one attached hydrogen (secondary N) is 1. The Kier molecular flexibility index (Phi) is 6.67. The van der Waals surface area contributed by atoms with Gasteiger partial charge in [0, 0.05) is 52.0 Å². The van der Waals surface area contributed by atoms with Crippen LogP contribution in [0, 0.1) is 0 Å². The van der Waals surface area contributed by atoms with Crippen LogP contribution in [-0.2, 0) is 14.8 Å². The number of carbonyl (C=O) groups excluding carboxylic acids is 1. The van der Waals surface area contributed by atoms with Gasteiger partial charge >= 0.3 is 0 Å². The zero-order chi connectivity index (χ0) is 19.3. The first-order valence-corrected chi connectivity index (χ1v) is 11.1. The maximum absolute atomic E-state index is 12.6. The van der Waals surface area contributed by atoms with Crippen LogP contribution in [0.3, 0.4) is 0 Å². The number of carbonyl (C=O) groups is 1. The Morgan fingerprint density at radius 3 is 2.41 bits per heavy atom. The number of hydrogen-bond acceptors (Lipinski definition) is 6. The first-order chi connectivity index (χ1) is 13.0. The van der Waals surface area contributed by atoms with Gasteiger partial charge in [0.2, 0.25) is 15.9 Å². The SMILES string of the molecule is CCCNC(=O)CN1CCN(c2ccc(S(=O)(=O)N3CCCC3)cn2)CC1. The molecule has 0 radical (unpaired) electrons. The van der Waals surface area contributed by atoms with Gasteiger partial charge in [0.05, 0.1) is 6.54 Å². The van der Waals surface area contributed by atoms with Crippen LogP contribution < -0.4 is 10.2 Å². The Labute approximate surface area is 161 Å². The molecule has 2 fully saturated rings. The molecule has 150 valence electrons. The van der Waals surface area contributed by atoms with Crippen LogP contribution in [-0.4, -0.2) is 80.9 Å². The van der Waals surface area contributed by atoms with Crippen molar-refractivity contribution in [1.29, 1.82) is 0 Å². The van der Waals surface area contributed by atoms with E-state index in [4.69, 9.17) is 0 Å². The van der Waals surface area contributed by atoms with Crippen molar-refractivity contribution in [2.75, 3.05) is 57.3 Å². The molecule has 3 rings (SSSR count). The Morgan fingerprint density at radius 1 is 1.11 bits per heavy atom. The lowest BCUT2D eigenvalue weighted by Gasteiger charge is -2.35. The molecular formula is C18H29N5O3S. The van der Waals surface area contributed by atoms with E-state index in [1.165, 1.54) is 10.5 Å². The molecule has 0 unspecified atom stereocenters. The fraction of sp³-hybridized carbons (Fsp3) is 0.667. The van der Waals surface area contributed by atoms with Gasteiger partial charge in [-0.3, -0.25) is 9.69 Å². The number of sulfonamides is 1. The van der Waals surface area contributed by atoms with Crippen molar-refractivity contribution in [3.05, 3.63) is 18.3 Å². The first kappa shape index (κ1) is 20.0. The topological polar surface area (TPSA) is 85.8 Å². The number of aromatic nitrogens is 1. The summed E-state index contributed by atoms with van der Waals surface area (Å²) in [6.07, 6.45) is 4.25. The summed E-state index contributed by atoms with van der Waals surface area (Å²) >= 11 is 0. The third-order valence-corrected chi connectivity index (χ3v) is 6.94. The van der Waals surface area contributed by atoms with E-state index in [0.717, 1.165) is 57.8 Å². The van der Waals surface area contributed by atoms with E-state index < -0.39 is 10.0 Å². The van der Waals surface area contributed by atoms with Gasteiger partial charge in [-0.25, -0.2) is 13.4 Å². The molecule has 2 aliphatic rings. The van der Waals surface area contributed by atoms with Crippen LogP contribution in [0.4, 0.5) is 5.82 Å². The number of pyridine rings is 1. The van der Waals surface area contributed by atoms with E-state index in [1.54, 1.807) is 12.1 Å². The van der Waals surface area contributed by atoms with Crippen molar-refractivity contribution >= 4 is 21.7 Å². The Morgan fingerprint density at radius 2 is 1.81 bits per heavy atom. The maximum Gasteiger partial charge on any atom is 0.244 e. The minimum atomic E-state index is -3.42. The van der Waals surface area contributed by atoms with Gasteiger partial charge < -0.3 is 10.2 Å². The van der Waals surface area contributed by atoms with Crippen LogP contribution >= 0.6 is 0 Å². The second-order valence-electron chi connectivity index (χ2n) is 7.08. The molecule has 0 aliphatic carbocycles. The number of piperazine rings is 1. The second kappa shape index (κ2) is 8.99. The average Bonchev–Trinajstić information content (AvgIpc) is 3.23. The van der Waals surface area contributed by atoms with E-state index in [2.05, 4.69) is 20.1 Å². The minimum Gasteiger partial charge on any atom is -0.355 e. The molecule has 2 aliphatic heterocycles. The molecule has 0 spiro atoms. The molecule has 1 aromatic heterocycles. The lowest BCUT2D eigenvalue weighted by atomic mass is 10.3. The van der Waals surface area contributed by atoms with Crippen LogP contribution in [0.1, 0.15) is 26.2 Å². The second-order valence-corrected chi connectivity index (χ2v) is 9.01. The highest BCUT2D eigenvalue weighted by atomic mass is 32.2. The molecule has 1 aromatic rings. The highest BCUT2D eigenvalue weighted by Gasteiger charge is 2.28. The zero-order valence-electron chi connectivity index (χ0n) is 15.9. The molecule has 8 nitrogen and oxygen atoms in total. The lowest BCUT2D eigenvalue weighted by Crippen LogP contribution is -2.49. The van der Waals surface area contributed by atoms with E-state index in [1.807, 2.05) is 6.92 Å². The summed E-state index contributed by atoms with van der Waals surface area (Å²) in [7, 11) is -3.42. The van der Waals surface area contributed by atoms with E-state index in [0.29, 0.717) is 19.6 Å². The quantitative estimate of drug-likeness (QED) is 0.724. The number of rotatable bonds is 7. The van der Waals surface area contributed by atoms with Gasteiger partial charge in [0.15, 0.2) is 0 Å². The normalized spacial score (nSPS) is 19.4. The number of nitrogens with zero attached hydrogens (tertiary/aromatic N) is 4. The molecule has 1 amide bonds. The summed E-state index contributed by atoms with van der Waals surface area (Å²) in [6, 6.07) is 3.44. The molecule has 0 bridgehead atoms. The van der Waals surface area contributed by atoms with Crippen molar-refractivity contribution in [1.82, 2.24) is 19.5 Å². The third kappa shape index (κ3) is 4.97. The fourth-order valence-corrected chi connectivity index (χ4v) is 4.91. The van der Waals surface area contributed by atoms with E-state index in [9.17, 15) is 13.2 Å². The lowest BCUT2D eigenvalue weighted by molar-refractivity contribution is -0.122. The molecular weight excluding hydrogens is 366 g/mol. The average molecular weight is 396 g/mol. The highest BCUT2D eigenvalue weighted by Crippen LogP contribution is 2.22. The summed E-state index contributed by atoms with van der Waals surface area (Å²) in [5.41, 5.74) is 0. The van der Waals surface area contributed by atoms with Gasteiger partial charge in [-0.1, -0.05) is 6.92 Å². The molecule has 0 atom stereocenters. The predicted molar refractivity (Wildman–Crippen MR) is 104 cm³/mol. The minimum absolute atomic E-state index is 0.0693. The van der Waals surface area contributed by atoms with Gasteiger partial charge in [0.1, 0.15) is 10.7 Å². The molecule has 27 heavy (non-hydrogen) atoms.